The number of hydrogen-bond donors (Lipinski definition) is 2. The zero-order chi connectivity index (χ0) is 17.8. The molecule has 0 saturated heterocycles. The van der Waals surface area contributed by atoms with Crippen LogP contribution in [0.15, 0.2) is 29.5 Å². The van der Waals surface area contributed by atoms with Crippen LogP contribution in [-0.4, -0.2) is 39.8 Å². The number of nitrogens with one attached hydrogen (secondary N) is 1. The Morgan fingerprint density at radius 3 is 2.88 bits per heavy atom. The Morgan fingerprint density at radius 1 is 1.36 bits per heavy atom. The number of benzene rings is 1. The first-order chi connectivity index (χ1) is 12.1. The summed E-state index contributed by atoms with van der Waals surface area (Å²) in [6.07, 6.45) is 8.45. The number of hydrogen-bond acceptors (Lipinski definition) is 3. The minimum absolute atomic E-state index is 0.374. The van der Waals surface area contributed by atoms with Crippen LogP contribution in [0.3, 0.4) is 0 Å². The van der Waals surface area contributed by atoms with Crippen LogP contribution in [0.4, 0.5) is 0 Å². The highest BCUT2D eigenvalue weighted by Gasteiger charge is 2.17. The Kier molecular flexibility index (Phi) is 5.26. The molecule has 6 heteroatoms. The average molecular weight is 341 g/mol. The van der Waals surface area contributed by atoms with Gasteiger partial charge in [0.15, 0.2) is 5.96 Å². The summed E-state index contributed by atoms with van der Waals surface area (Å²) < 4.78 is 1.80. The maximum atomic E-state index is 10.3. The van der Waals surface area contributed by atoms with Crippen LogP contribution in [0.5, 0.6) is 5.75 Å². The van der Waals surface area contributed by atoms with Crippen molar-refractivity contribution in [1.82, 2.24) is 20.0 Å². The first-order valence-electron chi connectivity index (χ1n) is 8.80. The molecular weight excluding hydrogens is 314 g/mol. The molecule has 1 aromatic carbocycles. The first kappa shape index (κ1) is 17.3. The van der Waals surface area contributed by atoms with Gasteiger partial charge in [0.25, 0.3) is 0 Å². The fourth-order valence-corrected chi connectivity index (χ4v) is 3.54. The van der Waals surface area contributed by atoms with Crippen molar-refractivity contribution in [2.75, 3.05) is 14.1 Å². The molecule has 0 unspecified atom stereocenters. The predicted octanol–water partition coefficient (Wildman–Crippen LogP) is 2.21. The van der Waals surface area contributed by atoms with Gasteiger partial charge in [0.1, 0.15) is 5.75 Å². The van der Waals surface area contributed by atoms with Gasteiger partial charge in [0.2, 0.25) is 0 Å². The average Bonchev–Trinajstić information content (AvgIpc) is 3.02. The quantitative estimate of drug-likeness (QED) is 0.661. The van der Waals surface area contributed by atoms with E-state index in [1.165, 1.54) is 24.0 Å². The van der Waals surface area contributed by atoms with E-state index in [0.717, 1.165) is 36.5 Å². The molecule has 0 bridgehead atoms. The third-order valence-corrected chi connectivity index (χ3v) is 4.80. The molecule has 0 radical (unpaired) electrons. The lowest BCUT2D eigenvalue weighted by Crippen LogP contribution is -2.38. The number of guanidine groups is 1. The van der Waals surface area contributed by atoms with E-state index in [4.69, 9.17) is 0 Å². The second kappa shape index (κ2) is 7.59. The van der Waals surface area contributed by atoms with Crippen LogP contribution >= 0.6 is 0 Å². The number of phenolic OH excluding ortho intramolecular Hbond substituents is 1. The van der Waals surface area contributed by atoms with Crippen molar-refractivity contribution in [3.05, 3.63) is 46.8 Å². The molecular formula is C19H27N5O. The lowest BCUT2D eigenvalue weighted by Gasteiger charge is -2.24. The van der Waals surface area contributed by atoms with Crippen molar-refractivity contribution in [3.63, 3.8) is 0 Å². The van der Waals surface area contributed by atoms with Crippen LogP contribution in [0.25, 0.3) is 0 Å². The van der Waals surface area contributed by atoms with E-state index in [1.54, 1.807) is 11.7 Å². The van der Waals surface area contributed by atoms with Gasteiger partial charge in [-0.1, -0.05) is 6.07 Å². The fourth-order valence-electron chi connectivity index (χ4n) is 3.54. The van der Waals surface area contributed by atoms with E-state index < -0.39 is 0 Å². The van der Waals surface area contributed by atoms with Crippen LogP contribution in [-0.2, 0) is 33.0 Å². The molecule has 0 spiro atoms. The maximum Gasteiger partial charge on any atom is 0.193 e. The van der Waals surface area contributed by atoms with E-state index in [9.17, 15) is 5.11 Å². The standard InChI is InChI=1S/C19H27N5O/c1-20-19(23(2)12-14-10-22-24(3)13-14)21-11-17-16-7-5-4-6-15(16)8-9-18(17)25/h8-10,13,25H,4-7,11-12H2,1-3H3,(H,20,21). The van der Waals surface area contributed by atoms with Crippen LogP contribution in [0, 0.1) is 0 Å². The Bertz CT molecular complexity index is 765. The Balaban J connectivity index is 1.69. The van der Waals surface area contributed by atoms with Gasteiger partial charge in [-0.05, 0) is 42.9 Å². The molecule has 1 aliphatic carbocycles. The third kappa shape index (κ3) is 3.95. The molecule has 134 valence electrons. The summed E-state index contributed by atoms with van der Waals surface area (Å²) in [7, 11) is 5.70. The van der Waals surface area contributed by atoms with Gasteiger partial charge in [0.05, 0.1) is 6.20 Å². The second-order valence-corrected chi connectivity index (χ2v) is 6.69. The minimum atomic E-state index is 0.374. The smallest absolute Gasteiger partial charge is 0.193 e. The molecule has 0 saturated carbocycles. The van der Waals surface area contributed by atoms with Crippen molar-refractivity contribution in [3.8, 4) is 5.75 Å². The molecule has 6 nitrogen and oxygen atoms in total. The van der Waals surface area contributed by atoms with Crippen molar-refractivity contribution in [2.45, 2.75) is 38.8 Å². The lowest BCUT2D eigenvalue weighted by molar-refractivity contribution is 0.457. The molecule has 0 atom stereocenters. The van der Waals surface area contributed by atoms with E-state index in [2.05, 4.69) is 26.4 Å². The van der Waals surface area contributed by atoms with Crippen molar-refractivity contribution < 1.29 is 5.11 Å². The van der Waals surface area contributed by atoms with Gasteiger partial charge >= 0.3 is 0 Å². The fraction of sp³-hybridized carbons (Fsp3) is 0.474. The second-order valence-electron chi connectivity index (χ2n) is 6.69. The molecule has 2 aromatic rings. The molecule has 1 aromatic heterocycles. The Morgan fingerprint density at radius 2 is 2.16 bits per heavy atom. The number of aryl methyl sites for hydroxylation is 2. The normalized spacial score (nSPS) is 14.3. The SMILES string of the molecule is CN=C(NCc1c(O)ccc2c1CCCC2)N(C)Cc1cnn(C)c1. The maximum absolute atomic E-state index is 10.3. The lowest BCUT2D eigenvalue weighted by atomic mass is 9.88. The van der Waals surface area contributed by atoms with Gasteiger partial charge in [-0.3, -0.25) is 9.67 Å². The largest absolute Gasteiger partial charge is 0.508 e. The molecule has 0 aliphatic heterocycles. The Labute approximate surface area is 149 Å². The van der Waals surface area contributed by atoms with Gasteiger partial charge in [-0.2, -0.15) is 5.10 Å². The molecule has 0 amide bonds. The molecule has 25 heavy (non-hydrogen) atoms. The summed E-state index contributed by atoms with van der Waals surface area (Å²) in [6.45, 7) is 1.31. The summed E-state index contributed by atoms with van der Waals surface area (Å²) in [5.74, 6) is 1.18. The number of aromatic nitrogens is 2. The van der Waals surface area contributed by atoms with E-state index in [0.29, 0.717) is 12.3 Å². The van der Waals surface area contributed by atoms with E-state index in [-0.39, 0.29) is 0 Å². The van der Waals surface area contributed by atoms with E-state index >= 15 is 0 Å². The molecule has 1 aliphatic rings. The van der Waals surface area contributed by atoms with E-state index in [1.807, 2.05) is 32.6 Å². The number of rotatable bonds is 4. The number of aliphatic imine (C=N–C) groups is 1. The van der Waals surface area contributed by atoms with Gasteiger partial charge in [-0.15, -0.1) is 0 Å². The summed E-state index contributed by atoms with van der Waals surface area (Å²) >= 11 is 0. The molecule has 1 heterocycles. The van der Waals surface area contributed by atoms with Crippen LogP contribution in [0.2, 0.25) is 0 Å². The predicted molar refractivity (Wildman–Crippen MR) is 99.6 cm³/mol. The number of aromatic hydroxyl groups is 1. The monoisotopic (exact) mass is 341 g/mol. The number of fused-ring (bicyclic) bond motifs is 1. The summed E-state index contributed by atoms with van der Waals surface area (Å²) in [6, 6.07) is 3.89. The minimum Gasteiger partial charge on any atom is -0.508 e. The molecule has 2 N–H and O–H groups in total. The zero-order valence-electron chi connectivity index (χ0n) is 15.3. The van der Waals surface area contributed by atoms with Gasteiger partial charge < -0.3 is 15.3 Å². The van der Waals surface area contributed by atoms with Crippen LogP contribution in [0.1, 0.15) is 35.1 Å². The van der Waals surface area contributed by atoms with Crippen LogP contribution < -0.4 is 5.32 Å². The zero-order valence-corrected chi connectivity index (χ0v) is 15.3. The Hall–Kier alpha value is -2.50. The summed E-state index contributed by atoms with van der Waals surface area (Å²) in [4.78, 5) is 6.43. The highest BCUT2D eigenvalue weighted by molar-refractivity contribution is 5.79. The van der Waals surface area contributed by atoms with Crippen molar-refractivity contribution in [1.29, 1.82) is 0 Å². The highest BCUT2D eigenvalue weighted by atomic mass is 16.3. The third-order valence-electron chi connectivity index (χ3n) is 4.80. The van der Waals surface area contributed by atoms with Gasteiger partial charge in [0, 0.05) is 51.6 Å². The topological polar surface area (TPSA) is 65.7 Å². The number of phenols is 1. The van der Waals surface area contributed by atoms with Crippen molar-refractivity contribution in [2.24, 2.45) is 12.0 Å². The van der Waals surface area contributed by atoms with Crippen molar-refractivity contribution >= 4 is 5.96 Å². The molecule has 3 rings (SSSR count). The summed E-state index contributed by atoms with van der Waals surface area (Å²) in [5.41, 5.74) is 4.82. The number of nitrogens with zero attached hydrogens (tertiary/aromatic N) is 4. The van der Waals surface area contributed by atoms with Gasteiger partial charge in [-0.25, -0.2) is 0 Å². The summed E-state index contributed by atoms with van der Waals surface area (Å²) in [5, 5.41) is 17.9. The molecule has 0 fully saturated rings. The first-order valence-corrected chi connectivity index (χ1v) is 8.80. The highest BCUT2D eigenvalue weighted by Crippen LogP contribution is 2.30.